The van der Waals surface area contributed by atoms with Crippen LogP contribution in [0.25, 0.3) is 5.76 Å². The number of anilines is 1. The van der Waals surface area contributed by atoms with Crippen molar-refractivity contribution in [2.24, 2.45) is 0 Å². The molecule has 0 aromatic heterocycles. The summed E-state index contributed by atoms with van der Waals surface area (Å²) in [5.41, 5.74) is 3.93. The second-order valence-electron chi connectivity index (χ2n) is 9.22. The predicted octanol–water partition coefficient (Wildman–Crippen LogP) is 5.07. The van der Waals surface area contributed by atoms with Crippen LogP contribution in [0.15, 0.2) is 72.3 Å². The van der Waals surface area contributed by atoms with Crippen LogP contribution in [-0.2, 0) is 27.2 Å². The molecule has 5 rings (SSSR count). The van der Waals surface area contributed by atoms with Gasteiger partial charge < -0.3 is 14.9 Å². The first-order valence-corrected chi connectivity index (χ1v) is 12.4. The van der Waals surface area contributed by atoms with Gasteiger partial charge in [0.2, 0.25) is 0 Å². The van der Waals surface area contributed by atoms with E-state index >= 15 is 0 Å². The number of hydrogen-bond acceptors (Lipinski definition) is 6. The monoisotopic (exact) mass is 497 g/mol. The van der Waals surface area contributed by atoms with E-state index < -0.39 is 23.7 Å². The number of esters is 1. The number of aliphatic hydroxyl groups is 1. The maximum atomic E-state index is 13.4. The van der Waals surface area contributed by atoms with Gasteiger partial charge in [-0.2, -0.15) is 0 Å². The maximum Gasteiger partial charge on any atom is 0.338 e. The molecular weight excluding hydrogens is 470 g/mol. The second kappa shape index (κ2) is 9.93. The lowest BCUT2D eigenvalue weighted by Gasteiger charge is -2.26. The van der Waals surface area contributed by atoms with Crippen molar-refractivity contribution in [1.29, 1.82) is 0 Å². The van der Waals surface area contributed by atoms with Crippen LogP contribution in [0.1, 0.15) is 58.4 Å². The number of Topliss-reactive ketones (excluding diaryl/α,β-unsaturated/α-hetero) is 1. The molecule has 2 aliphatic rings. The van der Waals surface area contributed by atoms with Crippen molar-refractivity contribution < 1.29 is 29.3 Å². The van der Waals surface area contributed by atoms with Crippen LogP contribution in [0, 0.1) is 0 Å². The molecule has 1 fully saturated rings. The average Bonchev–Trinajstić information content (AvgIpc) is 3.18. The van der Waals surface area contributed by atoms with Crippen molar-refractivity contribution in [1.82, 2.24) is 0 Å². The molecule has 0 bridgehead atoms. The van der Waals surface area contributed by atoms with Crippen molar-refractivity contribution >= 4 is 29.1 Å². The third kappa shape index (κ3) is 4.48. The molecule has 0 radical (unpaired) electrons. The molecule has 37 heavy (non-hydrogen) atoms. The Morgan fingerprint density at radius 1 is 0.946 bits per heavy atom. The van der Waals surface area contributed by atoms with Gasteiger partial charge in [-0.3, -0.25) is 14.5 Å². The molecule has 1 atom stereocenters. The quantitative estimate of drug-likeness (QED) is 0.221. The van der Waals surface area contributed by atoms with Crippen molar-refractivity contribution in [3.05, 3.63) is 100 Å². The van der Waals surface area contributed by atoms with E-state index in [9.17, 15) is 24.6 Å². The average molecular weight is 498 g/mol. The Hall–Kier alpha value is -4.39. The number of amides is 1. The minimum atomic E-state index is -0.975. The molecule has 0 spiro atoms. The molecule has 0 saturated carbocycles. The third-order valence-corrected chi connectivity index (χ3v) is 6.91. The van der Waals surface area contributed by atoms with Gasteiger partial charge in [-0.25, -0.2) is 4.79 Å². The van der Waals surface area contributed by atoms with E-state index in [0.29, 0.717) is 22.4 Å². The highest BCUT2D eigenvalue weighted by Crippen LogP contribution is 2.43. The van der Waals surface area contributed by atoms with Crippen LogP contribution in [0.2, 0.25) is 0 Å². The summed E-state index contributed by atoms with van der Waals surface area (Å²) in [6.45, 7) is 1.94. The molecule has 2 N–H and O–H groups in total. The SMILES string of the molecule is CCOC(=O)c1ccc(N2C(=O)C(=O)/C(=C(\O)c3ccc4c(c3)CCCC4)C2c2cccc(O)c2)cc1. The lowest BCUT2D eigenvalue weighted by molar-refractivity contribution is -0.132. The normalized spacial score (nSPS) is 18.5. The minimum absolute atomic E-state index is 0.0328. The smallest absolute Gasteiger partial charge is 0.338 e. The Morgan fingerprint density at radius 2 is 1.65 bits per heavy atom. The first kappa shape index (κ1) is 24.3. The molecule has 1 heterocycles. The summed E-state index contributed by atoms with van der Waals surface area (Å²) >= 11 is 0. The zero-order valence-electron chi connectivity index (χ0n) is 20.4. The van der Waals surface area contributed by atoms with Crippen LogP contribution in [0.3, 0.4) is 0 Å². The number of carbonyl (C=O) groups excluding carboxylic acids is 3. The van der Waals surface area contributed by atoms with E-state index in [4.69, 9.17) is 4.74 Å². The number of aryl methyl sites for hydroxylation is 2. The topological polar surface area (TPSA) is 104 Å². The number of phenols is 1. The standard InChI is InChI=1S/C30H27NO6/c1-2-37-30(36)19-12-14-23(15-13-19)31-26(21-8-5-9-24(32)17-21)25(28(34)29(31)35)27(33)22-11-10-18-6-3-4-7-20(18)16-22/h5,8-17,26,32-33H,2-4,6-7H2,1H3/b27-25-. The highest BCUT2D eigenvalue weighted by Gasteiger charge is 2.47. The van der Waals surface area contributed by atoms with E-state index in [0.717, 1.165) is 31.2 Å². The van der Waals surface area contributed by atoms with Gasteiger partial charge in [-0.05, 0) is 91.8 Å². The number of fused-ring (bicyclic) bond motifs is 1. The number of phenolic OH excluding ortho intramolecular Hbond substituents is 1. The predicted molar refractivity (Wildman–Crippen MR) is 138 cm³/mol. The zero-order chi connectivity index (χ0) is 26.1. The fraction of sp³-hybridized carbons (Fsp3) is 0.233. The highest BCUT2D eigenvalue weighted by atomic mass is 16.5. The van der Waals surface area contributed by atoms with Crippen molar-refractivity contribution in [3.63, 3.8) is 0 Å². The van der Waals surface area contributed by atoms with Gasteiger partial charge in [0.05, 0.1) is 23.8 Å². The van der Waals surface area contributed by atoms with Gasteiger partial charge in [0.25, 0.3) is 11.7 Å². The van der Waals surface area contributed by atoms with Gasteiger partial charge in [0, 0.05) is 11.3 Å². The Bertz CT molecular complexity index is 1420. The summed E-state index contributed by atoms with van der Waals surface area (Å²) in [5.74, 6) is -2.41. The van der Waals surface area contributed by atoms with Crippen LogP contribution in [0.4, 0.5) is 5.69 Å². The van der Waals surface area contributed by atoms with Crippen molar-refractivity contribution in [2.45, 2.75) is 38.6 Å². The van der Waals surface area contributed by atoms with Crippen LogP contribution in [0.5, 0.6) is 5.75 Å². The second-order valence-corrected chi connectivity index (χ2v) is 9.22. The molecule has 1 aliphatic carbocycles. The minimum Gasteiger partial charge on any atom is -0.508 e. The Labute approximate surface area is 214 Å². The molecule has 188 valence electrons. The third-order valence-electron chi connectivity index (χ3n) is 6.91. The first-order valence-electron chi connectivity index (χ1n) is 12.4. The van der Waals surface area contributed by atoms with Crippen LogP contribution in [-0.4, -0.2) is 34.5 Å². The van der Waals surface area contributed by atoms with E-state index in [-0.39, 0.29) is 23.7 Å². The van der Waals surface area contributed by atoms with E-state index in [1.165, 1.54) is 34.7 Å². The number of aromatic hydroxyl groups is 1. The summed E-state index contributed by atoms with van der Waals surface area (Å²) in [6.07, 6.45) is 4.06. The lowest BCUT2D eigenvalue weighted by atomic mass is 9.88. The fourth-order valence-electron chi connectivity index (χ4n) is 5.12. The number of ketones is 1. The van der Waals surface area contributed by atoms with Crippen LogP contribution < -0.4 is 4.90 Å². The largest absolute Gasteiger partial charge is 0.508 e. The molecule has 1 amide bonds. The van der Waals surface area contributed by atoms with Crippen LogP contribution >= 0.6 is 0 Å². The molecule has 1 saturated heterocycles. The summed E-state index contributed by atoms with van der Waals surface area (Å²) in [6, 6.07) is 17.1. The van der Waals surface area contributed by atoms with Gasteiger partial charge in [-0.1, -0.05) is 24.3 Å². The number of hydrogen-bond donors (Lipinski definition) is 2. The summed E-state index contributed by atoms with van der Waals surface area (Å²) in [4.78, 5) is 40.1. The van der Waals surface area contributed by atoms with Gasteiger partial charge >= 0.3 is 5.97 Å². The van der Waals surface area contributed by atoms with Gasteiger partial charge in [-0.15, -0.1) is 0 Å². The molecule has 3 aromatic rings. The molecule has 3 aromatic carbocycles. The summed E-state index contributed by atoms with van der Waals surface area (Å²) in [5, 5.41) is 21.6. The van der Waals surface area contributed by atoms with E-state index in [2.05, 4.69) is 0 Å². The highest BCUT2D eigenvalue weighted by molar-refractivity contribution is 6.51. The van der Waals surface area contributed by atoms with E-state index in [1.54, 1.807) is 37.3 Å². The number of benzene rings is 3. The fourth-order valence-corrected chi connectivity index (χ4v) is 5.12. The molecule has 7 heteroatoms. The number of aliphatic hydroxyl groups excluding tert-OH is 1. The Morgan fingerprint density at radius 3 is 2.35 bits per heavy atom. The molecule has 1 aliphatic heterocycles. The number of rotatable bonds is 5. The summed E-state index contributed by atoms with van der Waals surface area (Å²) in [7, 11) is 0. The van der Waals surface area contributed by atoms with Gasteiger partial charge in [0.15, 0.2) is 0 Å². The molecular formula is C30H27NO6. The first-order chi connectivity index (χ1) is 17.9. The van der Waals surface area contributed by atoms with E-state index in [1.807, 2.05) is 12.1 Å². The van der Waals surface area contributed by atoms with Crippen molar-refractivity contribution in [3.8, 4) is 5.75 Å². The molecule has 7 nitrogen and oxygen atoms in total. The number of carbonyl (C=O) groups is 3. The number of ether oxygens (including phenoxy) is 1. The number of nitrogens with zero attached hydrogens (tertiary/aromatic N) is 1. The maximum absolute atomic E-state index is 13.4. The van der Waals surface area contributed by atoms with Gasteiger partial charge in [0.1, 0.15) is 11.5 Å². The lowest BCUT2D eigenvalue weighted by Crippen LogP contribution is -2.29. The zero-order valence-corrected chi connectivity index (χ0v) is 20.4. The Kier molecular flexibility index (Phi) is 6.53. The van der Waals surface area contributed by atoms with Crippen molar-refractivity contribution in [2.75, 3.05) is 11.5 Å². The molecule has 1 unspecified atom stereocenters. The Balaban J connectivity index is 1.63. The summed E-state index contributed by atoms with van der Waals surface area (Å²) < 4.78 is 5.03.